The van der Waals surface area contributed by atoms with Gasteiger partial charge in [0.15, 0.2) is 0 Å². The standard InChI is InChI=1S/C2H4O2.C2H3O2.Cu.Zn/c2*1-2(3)4;;/h1H3,(H,3,4);1H2,(H,3,4);;/q;;;+2/p-2. The molecule has 0 heterocycles. The van der Waals surface area contributed by atoms with Gasteiger partial charge >= 0.3 is 56.7 Å². The van der Waals surface area contributed by atoms with Gasteiger partial charge in [-0.15, -0.1) is 0 Å². The first-order valence-electron chi connectivity index (χ1n) is 1.88. The van der Waals surface area contributed by atoms with Crippen molar-refractivity contribution in [1.82, 2.24) is 0 Å². The number of carbonyl (C=O) groups excluding carboxylic acids is 2. The number of carboxylic acids is 2. The van der Waals surface area contributed by atoms with Crippen LogP contribution in [-0.4, -0.2) is 11.9 Å². The van der Waals surface area contributed by atoms with Gasteiger partial charge in [-0.05, 0) is 6.92 Å². The molecule has 0 rings (SSSR count). The Hall–Kier alpha value is 0.0829. The molecule has 0 bridgehead atoms. The van der Waals surface area contributed by atoms with Crippen molar-refractivity contribution in [1.29, 1.82) is 0 Å². The fraction of sp³-hybridized carbons (Fsp3) is 0.500. The third kappa shape index (κ3) is 93.5. The molecule has 0 aromatic heterocycles. The van der Waals surface area contributed by atoms with Crippen LogP contribution < -0.4 is 10.2 Å². The van der Waals surface area contributed by atoms with Crippen molar-refractivity contribution in [3.8, 4) is 0 Å². The molecule has 0 aromatic rings. The van der Waals surface area contributed by atoms with Crippen LogP contribution in [0.15, 0.2) is 0 Å². The summed E-state index contributed by atoms with van der Waals surface area (Å²) in [6.07, 6.45) is 0. The third-order valence-corrected chi connectivity index (χ3v) is 0.359. The van der Waals surface area contributed by atoms with Crippen molar-refractivity contribution in [2.75, 3.05) is 0 Å². The van der Waals surface area contributed by atoms with Crippen LogP contribution in [0.3, 0.4) is 0 Å². The molecule has 0 radical (unpaired) electrons. The second kappa shape index (κ2) is 11.8. The molecule has 0 amide bonds. The number of rotatable bonds is 1. The van der Waals surface area contributed by atoms with Gasteiger partial charge in [0.25, 0.3) is 0 Å². The molecule has 0 fully saturated rings. The van der Waals surface area contributed by atoms with Gasteiger partial charge in [0.05, 0.1) is 0 Å². The molecule has 4 nitrogen and oxygen atoms in total. The first-order chi connectivity index (χ1) is 4.00. The van der Waals surface area contributed by atoms with Crippen LogP contribution >= 0.6 is 0 Å². The van der Waals surface area contributed by atoms with E-state index in [1.54, 1.807) is 0 Å². The maximum atomic E-state index is 9.15. The minimum Gasteiger partial charge on any atom is 2.00 e. The Morgan fingerprint density at radius 2 is 1.50 bits per heavy atom. The Bertz CT molecular complexity index is 101. The molecule has 0 unspecified atom stereocenters. The summed E-state index contributed by atoms with van der Waals surface area (Å²) in [5.74, 6) is -2.27. The van der Waals surface area contributed by atoms with E-state index in [-0.39, 0.29) is 24.8 Å². The number of aliphatic carboxylic acids is 2. The van der Waals surface area contributed by atoms with Crippen molar-refractivity contribution in [2.45, 2.75) is 12.2 Å². The predicted octanol–water partition coefficient (Wildman–Crippen LogP) is -2.54. The zero-order valence-corrected chi connectivity index (χ0v) is 9.26. The molecule has 6 heteroatoms. The van der Waals surface area contributed by atoms with Crippen LogP contribution in [0.2, 0.25) is 5.32 Å². The van der Waals surface area contributed by atoms with E-state index in [2.05, 4.69) is 16.0 Å². The van der Waals surface area contributed by atoms with E-state index in [0.29, 0.717) is 0 Å². The molecular formula is C4H5CuO4Zn. The normalized spacial score (nSPS) is 6.30. The maximum absolute atomic E-state index is 9.15. The molecule has 0 aliphatic heterocycles. The fourth-order valence-electron chi connectivity index (χ4n) is 0. The summed E-state index contributed by atoms with van der Waals surface area (Å²) in [5, 5.41) is 17.7. The first-order valence-corrected chi connectivity index (χ1v) is 2.55. The molecule has 0 aromatic carbocycles. The van der Waals surface area contributed by atoms with E-state index < -0.39 is 11.9 Å². The Labute approximate surface area is 79.6 Å². The first kappa shape index (κ1) is 16.6. The summed E-state index contributed by atoms with van der Waals surface area (Å²) < 4.78 is 0. The SMILES string of the molecule is CC(=O)[O-].O=C([O-])[CH2][Cu].[Zn+2]. The van der Waals surface area contributed by atoms with Crippen molar-refractivity contribution in [3.05, 3.63) is 0 Å². The molecular weight excluding hydrogens is 241 g/mol. The Balaban J connectivity index is -0.0000000910. The predicted molar refractivity (Wildman–Crippen MR) is 20.5 cm³/mol. The van der Waals surface area contributed by atoms with Crippen LogP contribution in [0.25, 0.3) is 0 Å². The zero-order chi connectivity index (χ0) is 7.86. The number of carbonyl (C=O) groups is 2. The minimum atomic E-state index is -1.19. The molecule has 0 aliphatic carbocycles. The van der Waals surface area contributed by atoms with Crippen molar-refractivity contribution in [2.24, 2.45) is 0 Å². The van der Waals surface area contributed by atoms with Gasteiger partial charge in [-0.1, -0.05) is 0 Å². The van der Waals surface area contributed by atoms with E-state index in [1.807, 2.05) is 0 Å². The van der Waals surface area contributed by atoms with Crippen molar-refractivity contribution < 1.29 is 55.3 Å². The topological polar surface area (TPSA) is 80.3 Å². The molecule has 0 atom stereocenters. The second-order valence-corrected chi connectivity index (χ2v) is 1.30. The summed E-state index contributed by atoms with van der Waals surface area (Å²) in [6.45, 7) is 0.972. The summed E-state index contributed by atoms with van der Waals surface area (Å²) in [6, 6.07) is 0. The molecule has 0 saturated heterocycles. The molecule has 58 valence electrons. The van der Waals surface area contributed by atoms with Gasteiger partial charge in [-0.3, -0.25) is 0 Å². The summed E-state index contributed by atoms with van der Waals surface area (Å²) in [7, 11) is 0. The monoisotopic (exact) mass is 244 g/mol. The average Bonchev–Trinajstić information content (AvgIpc) is 1.65. The molecule has 0 saturated carbocycles. The smallest absolute Gasteiger partial charge is 2.00 e. The quantitative estimate of drug-likeness (QED) is 0.477. The van der Waals surface area contributed by atoms with Crippen LogP contribution in [0.5, 0.6) is 0 Å². The van der Waals surface area contributed by atoms with E-state index in [1.165, 1.54) is 0 Å². The van der Waals surface area contributed by atoms with Crippen LogP contribution in [0.1, 0.15) is 6.92 Å². The molecule has 0 N–H and O–H groups in total. The number of carboxylic acid groups (broad SMARTS) is 2. The van der Waals surface area contributed by atoms with Gasteiger partial charge in [0.2, 0.25) is 0 Å². The van der Waals surface area contributed by atoms with E-state index >= 15 is 0 Å². The van der Waals surface area contributed by atoms with Gasteiger partial charge in [0.1, 0.15) is 0 Å². The third-order valence-electron chi connectivity index (χ3n) is 0.0870. The summed E-state index contributed by atoms with van der Waals surface area (Å²) in [5.41, 5.74) is 0. The molecule has 10 heavy (non-hydrogen) atoms. The van der Waals surface area contributed by atoms with Gasteiger partial charge < -0.3 is 9.90 Å². The van der Waals surface area contributed by atoms with E-state index in [4.69, 9.17) is 19.8 Å². The largest absolute Gasteiger partial charge is 2.00 e. The van der Waals surface area contributed by atoms with Gasteiger partial charge in [0, 0.05) is 5.97 Å². The number of hydrogen-bond donors (Lipinski definition) is 0. The van der Waals surface area contributed by atoms with Gasteiger partial charge in [-0.2, -0.15) is 0 Å². The fourth-order valence-corrected chi connectivity index (χ4v) is 0. The van der Waals surface area contributed by atoms with Crippen molar-refractivity contribution in [3.63, 3.8) is 0 Å². The maximum Gasteiger partial charge on any atom is 2.00 e. The average molecular weight is 246 g/mol. The van der Waals surface area contributed by atoms with E-state index in [0.717, 1.165) is 6.92 Å². The Kier molecular flexibility index (Phi) is 19.6. The summed E-state index contributed by atoms with van der Waals surface area (Å²) >= 11 is 4.14. The van der Waals surface area contributed by atoms with Crippen molar-refractivity contribution >= 4 is 11.9 Å². The van der Waals surface area contributed by atoms with Crippen LogP contribution in [0.4, 0.5) is 0 Å². The van der Waals surface area contributed by atoms with E-state index in [9.17, 15) is 0 Å². The minimum absolute atomic E-state index is 0. The Morgan fingerprint density at radius 1 is 1.40 bits per heavy atom. The van der Waals surface area contributed by atoms with Crippen LogP contribution in [-0.2, 0) is 45.1 Å². The Morgan fingerprint density at radius 3 is 1.50 bits per heavy atom. The second-order valence-electron chi connectivity index (χ2n) is 0.970. The molecule has 0 spiro atoms. The molecule has 0 aliphatic rings. The summed E-state index contributed by atoms with van der Waals surface area (Å²) in [4.78, 5) is 18.0. The number of hydrogen-bond acceptors (Lipinski definition) is 4. The zero-order valence-electron chi connectivity index (χ0n) is 5.35. The van der Waals surface area contributed by atoms with Crippen LogP contribution in [0, 0.1) is 0 Å². The van der Waals surface area contributed by atoms with Gasteiger partial charge in [-0.25, -0.2) is 0 Å².